The van der Waals surface area contributed by atoms with Gasteiger partial charge in [0.05, 0.1) is 0 Å². The van der Waals surface area contributed by atoms with Gasteiger partial charge in [-0.25, -0.2) is 0 Å². The predicted molar refractivity (Wildman–Crippen MR) is 105 cm³/mol. The minimum atomic E-state index is -0.414. The molecule has 1 heterocycles. The highest BCUT2D eigenvalue weighted by Gasteiger charge is 2.28. The summed E-state index contributed by atoms with van der Waals surface area (Å²) in [5.41, 5.74) is 0.775. The average Bonchev–Trinajstić information content (AvgIpc) is 2.66. The smallest absolute Gasteiger partial charge is 0.344 e. The van der Waals surface area contributed by atoms with Crippen LogP contribution >= 0.6 is 0 Å². The Morgan fingerprint density at radius 1 is 1.00 bits per heavy atom. The van der Waals surface area contributed by atoms with Crippen LogP contribution < -0.4 is 15.4 Å². The molecule has 3 N–H and O–H groups in total. The number of benzene rings is 2. The maximum Gasteiger partial charge on any atom is 0.344 e. The quantitative estimate of drug-likeness (QED) is 0.473. The summed E-state index contributed by atoms with van der Waals surface area (Å²) in [5, 5.41) is 17.6. The van der Waals surface area contributed by atoms with Gasteiger partial charge in [0.25, 0.3) is 5.91 Å². The molecule has 142 valence electrons. The van der Waals surface area contributed by atoms with Crippen LogP contribution in [0.3, 0.4) is 0 Å². The minimum Gasteiger partial charge on any atom is -0.346 e. The summed E-state index contributed by atoms with van der Waals surface area (Å²) in [6.07, 6.45) is 4.78. The number of fused-ring (bicyclic) bond motifs is 1. The number of hydrogen-bond donors (Lipinski definition) is 3. The predicted octanol–water partition coefficient (Wildman–Crippen LogP) is 3.15. The van der Waals surface area contributed by atoms with E-state index in [0.717, 1.165) is 28.3 Å². The topological polar surface area (TPSA) is 82.3 Å². The van der Waals surface area contributed by atoms with Crippen molar-refractivity contribution in [2.75, 3.05) is 11.9 Å². The Kier molecular flexibility index (Phi) is 4.93. The fourth-order valence-electron chi connectivity index (χ4n) is 3.46. The standard InChI is InChI=1S/C22H21N3O3/c26-21(18-11-4-9-16-8-1-2-10-17(16)18)24-19-12-5-13-25(28)20(19)22(27)23-14-15-6-3-7-15/h1-2,4-5,8-13,15H,3,6-7,14H2,(H2-,23,24,26,27,28)/p+1. The summed E-state index contributed by atoms with van der Waals surface area (Å²) in [6.45, 7) is 0.574. The normalized spacial score (nSPS) is 13.7. The highest BCUT2D eigenvalue weighted by molar-refractivity contribution is 6.14. The van der Waals surface area contributed by atoms with Crippen molar-refractivity contribution in [1.82, 2.24) is 5.32 Å². The van der Waals surface area contributed by atoms with Gasteiger partial charge in [0.2, 0.25) is 6.20 Å². The fourth-order valence-corrected chi connectivity index (χ4v) is 3.46. The Bertz CT molecular complexity index is 1040. The van der Waals surface area contributed by atoms with E-state index in [-0.39, 0.29) is 17.3 Å². The van der Waals surface area contributed by atoms with Crippen LogP contribution in [0.5, 0.6) is 0 Å². The number of carbonyl (C=O) groups is 2. The molecule has 6 nitrogen and oxygen atoms in total. The summed E-state index contributed by atoms with van der Waals surface area (Å²) < 4.78 is 0.745. The molecule has 0 saturated heterocycles. The van der Waals surface area contributed by atoms with Gasteiger partial charge >= 0.3 is 11.6 Å². The van der Waals surface area contributed by atoms with Crippen molar-refractivity contribution in [1.29, 1.82) is 0 Å². The third-order valence-corrected chi connectivity index (χ3v) is 5.25. The molecule has 6 heteroatoms. The number of aromatic nitrogens is 1. The van der Waals surface area contributed by atoms with E-state index in [0.29, 0.717) is 18.0 Å². The summed E-state index contributed by atoms with van der Waals surface area (Å²) >= 11 is 0. The molecule has 0 spiro atoms. The first-order valence-corrected chi connectivity index (χ1v) is 9.45. The SMILES string of the molecule is O=C(Nc1ccc[n+](O)c1C(=O)NCC1CCC1)c1cccc2ccccc12. The number of rotatable bonds is 5. The van der Waals surface area contributed by atoms with Crippen LogP contribution in [0.1, 0.15) is 40.1 Å². The van der Waals surface area contributed by atoms with Gasteiger partial charge in [0.15, 0.2) is 0 Å². The zero-order chi connectivity index (χ0) is 19.5. The lowest BCUT2D eigenvalue weighted by Gasteiger charge is -2.25. The lowest BCUT2D eigenvalue weighted by atomic mass is 9.85. The highest BCUT2D eigenvalue weighted by atomic mass is 16.5. The van der Waals surface area contributed by atoms with E-state index in [1.54, 1.807) is 18.2 Å². The summed E-state index contributed by atoms with van der Waals surface area (Å²) in [5.74, 6) is -0.257. The second-order valence-corrected chi connectivity index (χ2v) is 7.10. The molecule has 0 atom stereocenters. The molecule has 28 heavy (non-hydrogen) atoms. The number of amides is 2. The molecule has 1 aliphatic carbocycles. The molecule has 3 aromatic rings. The minimum absolute atomic E-state index is 0.00964. The molecular weight excluding hydrogens is 354 g/mol. The summed E-state index contributed by atoms with van der Waals surface area (Å²) in [7, 11) is 0. The molecule has 0 aliphatic heterocycles. The first-order chi connectivity index (χ1) is 13.6. The Morgan fingerprint density at radius 3 is 2.57 bits per heavy atom. The van der Waals surface area contributed by atoms with Gasteiger partial charge in [0, 0.05) is 22.9 Å². The largest absolute Gasteiger partial charge is 0.346 e. The van der Waals surface area contributed by atoms with Crippen molar-refractivity contribution >= 4 is 28.3 Å². The maximum atomic E-state index is 12.9. The lowest BCUT2D eigenvalue weighted by molar-refractivity contribution is -0.905. The van der Waals surface area contributed by atoms with Crippen molar-refractivity contribution in [3.05, 3.63) is 72.1 Å². The second-order valence-electron chi connectivity index (χ2n) is 7.10. The molecule has 1 aromatic heterocycles. The maximum absolute atomic E-state index is 12.9. The molecule has 2 amide bonds. The molecule has 0 radical (unpaired) electrons. The van der Waals surface area contributed by atoms with Crippen LogP contribution in [-0.2, 0) is 0 Å². The molecule has 4 rings (SSSR count). The van der Waals surface area contributed by atoms with Gasteiger partial charge in [-0.05, 0) is 41.7 Å². The van der Waals surface area contributed by atoms with Crippen molar-refractivity contribution in [3.8, 4) is 0 Å². The van der Waals surface area contributed by atoms with E-state index in [4.69, 9.17) is 0 Å². The van der Waals surface area contributed by atoms with E-state index in [1.807, 2.05) is 36.4 Å². The van der Waals surface area contributed by atoms with E-state index in [9.17, 15) is 14.8 Å². The van der Waals surface area contributed by atoms with E-state index in [2.05, 4.69) is 10.6 Å². The molecule has 1 fully saturated rings. The average molecular weight is 376 g/mol. The highest BCUT2D eigenvalue weighted by Crippen LogP contribution is 2.25. The van der Waals surface area contributed by atoms with Gasteiger partial charge in [-0.1, -0.05) is 42.8 Å². The van der Waals surface area contributed by atoms with Gasteiger partial charge < -0.3 is 10.6 Å². The zero-order valence-electron chi connectivity index (χ0n) is 15.4. The van der Waals surface area contributed by atoms with Crippen LogP contribution in [0, 0.1) is 5.92 Å². The third kappa shape index (κ3) is 3.53. The number of hydrogen-bond acceptors (Lipinski definition) is 3. The van der Waals surface area contributed by atoms with Crippen LogP contribution in [0.4, 0.5) is 5.69 Å². The molecular formula is C22H22N3O3+. The third-order valence-electron chi connectivity index (χ3n) is 5.25. The zero-order valence-corrected chi connectivity index (χ0v) is 15.4. The van der Waals surface area contributed by atoms with E-state index >= 15 is 0 Å². The van der Waals surface area contributed by atoms with Crippen LogP contribution in [-0.4, -0.2) is 23.6 Å². The Hall–Kier alpha value is -3.41. The lowest BCUT2D eigenvalue weighted by Crippen LogP contribution is -2.44. The number of anilines is 1. The van der Waals surface area contributed by atoms with Gasteiger partial charge in [-0.15, -0.1) is 0 Å². The number of carbonyl (C=O) groups excluding carboxylic acids is 2. The van der Waals surface area contributed by atoms with Crippen molar-refractivity contribution in [3.63, 3.8) is 0 Å². The fraction of sp³-hybridized carbons (Fsp3) is 0.227. The molecule has 1 saturated carbocycles. The monoisotopic (exact) mass is 376 g/mol. The second kappa shape index (κ2) is 7.68. The van der Waals surface area contributed by atoms with E-state index in [1.165, 1.54) is 12.6 Å². The van der Waals surface area contributed by atoms with Crippen LogP contribution in [0.25, 0.3) is 10.8 Å². The Labute approximate surface area is 162 Å². The molecule has 2 aromatic carbocycles. The summed E-state index contributed by atoms with van der Waals surface area (Å²) in [6, 6.07) is 16.3. The van der Waals surface area contributed by atoms with Crippen LogP contribution in [0.2, 0.25) is 0 Å². The summed E-state index contributed by atoms with van der Waals surface area (Å²) in [4.78, 5) is 25.5. The van der Waals surface area contributed by atoms with Crippen molar-refractivity contribution < 1.29 is 19.5 Å². The van der Waals surface area contributed by atoms with E-state index < -0.39 is 5.91 Å². The molecule has 0 unspecified atom stereocenters. The van der Waals surface area contributed by atoms with Crippen LogP contribution in [0.15, 0.2) is 60.8 Å². The van der Waals surface area contributed by atoms with Gasteiger partial charge in [-0.2, -0.15) is 0 Å². The van der Waals surface area contributed by atoms with Crippen molar-refractivity contribution in [2.24, 2.45) is 5.92 Å². The number of nitrogens with one attached hydrogen (secondary N) is 2. The molecule has 1 aliphatic rings. The first-order valence-electron chi connectivity index (χ1n) is 9.45. The molecule has 0 bridgehead atoms. The van der Waals surface area contributed by atoms with Gasteiger partial charge in [0.1, 0.15) is 5.69 Å². The number of pyridine rings is 1. The Balaban J connectivity index is 1.59. The van der Waals surface area contributed by atoms with Gasteiger partial charge in [-0.3, -0.25) is 14.8 Å². The Morgan fingerprint density at radius 2 is 1.79 bits per heavy atom. The first kappa shape index (κ1) is 18.0. The van der Waals surface area contributed by atoms with Crippen molar-refractivity contribution in [2.45, 2.75) is 19.3 Å². The number of nitrogens with zero attached hydrogens (tertiary/aromatic N) is 1.